The lowest BCUT2D eigenvalue weighted by Gasteiger charge is -2.37. The molecule has 1 aromatic heterocycles. The molecule has 1 aromatic rings. The molecule has 90 valence electrons. The molecular weight excluding hydrogens is 208 g/mol. The van der Waals surface area contributed by atoms with E-state index in [9.17, 15) is 10.4 Å². The third-order valence-corrected chi connectivity index (χ3v) is 3.90. The van der Waals surface area contributed by atoms with Crippen molar-refractivity contribution in [3.05, 3.63) is 24.2 Å². The average Bonchev–Trinajstić information content (AvgIpc) is 2.73. The first-order chi connectivity index (χ1) is 7.30. The van der Waals surface area contributed by atoms with Crippen LogP contribution in [0.2, 0.25) is 0 Å². The number of hydrogen-bond donors (Lipinski definition) is 2. The van der Waals surface area contributed by atoms with Crippen molar-refractivity contribution in [3.8, 4) is 0 Å². The fraction of sp³-hybridized carbons (Fsp3) is 0.636. The van der Waals surface area contributed by atoms with Gasteiger partial charge in [0.1, 0.15) is 5.76 Å². The predicted molar refractivity (Wildman–Crippen MR) is 56.9 cm³/mol. The third kappa shape index (κ3) is 1.26. The van der Waals surface area contributed by atoms with Gasteiger partial charge in [-0.15, -0.1) is 0 Å². The second-order valence-corrected chi connectivity index (χ2v) is 5.20. The maximum Gasteiger partial charge on any atom is 0.169 e. The molecule has 0 amide bonds. The van der Waals surface area contributed by atoms with Crippen LogP contribution in [-0.2, 0) is 0 Å². The molecule has 2 rings (SSSR count). The van der Waals surface area contributed by atoms with E-state index >= 15 is 0 Å². The fourth-order valence-corrected chi connectivity index (χ4v) is 1.95. The van der Waals surface area contributed by atoms with E-state index in [-0.39, 0.29) is 0 Å². The molecule has 1 fully saturated rings. The van der Waals surface area contributed by atoms with E-state index in [0.717, 1.165) is 10.1 Å². The minimum Gasteiger partial charge on any atom is -0.466 e. The van der Waals surface area contributed by atoms with Crippen molar-refractivity contribution < 1.29 is 14.8 Å². The Bertz CT molecular complexity index is 353. The smallest absolute Gasteiger partial charge is 0.169 e. The molecule has 0 unspecified atom stereocenters. The molecule has 0 spiro atoms. The van der Waals surface area contributed by atoms with Gasteiger partial charge in [-0.3, -0.25) is 0 Å². The molecule has 0 bridgehead atoms. The van der Waals surface area contributed by atoms with Gasteiger partial charge in [0.2, 0.25) is 0 Å². The van der Waals surface area contributed by atoms with Crippen molar-refractivity contribution in [1.29, 1.82) is 0 Å². The van der Waals surface area contributed by atoms with Crippen molar-refractivity contribution in [1.82, 2.24) is 10.1 Å². The van der Waals surface area contributed by atoms with Gasteiger partial charge in [0, 0.05) is 0 Å². The highest BCUT2D eigenvalue weighted by Crippen LogP contribution is 2.47. The summed E-state index contributed by atoms with van der Waals surface area (Å²) in [7, 11) is 0. The molecule has 1 saturated heterocycles. The van der Waals surface area contributed by atoms with Crippen molar-refractivity contribution in [2.24, 2.45) is 0 Å². The van der Waals surface area contributed by atoms with E-state index in [1.807, 2.05) is 27.7 Å². The Morgan fingerprint density at radius 2 is 1.62 bits per heavy atom. The fourth-order valence-electron chi connectivity index (χ4n) is 1.95. The topological polar surface area (TPSA) is 60.1 Å². The lowest BCUT2D eigenvalue weighted by atomic mass is 9.84. The second kappa shape index (κ2) is 3.30. The minimum absolute atomic E-state index is 0.517. The van der Waals surface area contributed by atoms with Crippen molar-refractivity contribution in [3.63, 3.8) is 0 Å². The van der Waals surface area contributed by atoms with Crippen molar-refractivity contribution in [2.75, 3.05) is 0 Å². The number of rotatable bonds is 1. The summed E-state index contributed by atoms with van der Waals surface area (Å²) in [5.74, 6) is 0.517. The third-order valence-electron chi connectivity index (χ3n) is 3.90. The highest BCUT2D eigenvalue weighted by atomic mass is 16.6. The zero-order valence-corrected chi connectivity index (χ0v) is 10.0. The standard InChI is InChI=1S/C11H18N2O3/c1-10(2)11(3,4)13(15)9(12(10)14)8-6-5-7-16-8/h5-7,9,14-15H,1-4H3. The van der Waals surface area contributed by atoms with Crippen LogP contribution in [0.4, 0.5) is 0 Å². The SMILES string of the molecule is CC1(C)N(O)C(c2ccco2)N(O)C1(C)C. The quantitative estimate of drug-likeness (QED) is 0.769. The van der Waals surface area contributed by atoms with E-state index in [1.165, 1.54) is 6.26 Å². The molecule has 0 aromatic carbocycles. The van der Waals surface area contributed by atoms with Crippen LogP contribution in [-0.4, -0.2) is 31.6 Å². The average molecular weight is 226 g/mol. The Hall–Kier alpha value is -0.880. The van der Waals surface area contributed by atoms with E-state index in [4.69, 9.17) is 4.42 Å². The Kier molecular flexibility index (Phi) is 2.40. The highest BCUT2D eigenvalue weighted by Gasteiger charge is 2.59. The first kappa shape index (κ1) is 11.6. The minimum atomic E-state index is -0.667. The number of hydroxylamine groups is 4. The number of nitrogens with zero attached hydrogens (tertiary/aromatic N) is 2. The molecule has 0 aliphatic carbocycles. The van der Waals surface area contributed by atoms with Crippen LogP contribution < -0.4 is 0 Å². The normalized spacial score (nSPS) is 26.4. The summed E-state index contributed by atoms with van der Waals surface area (Å²) in [6, 6.07) is 3.46. The molecule has 1 aliphatic rings. The maximum absolute atomic E-state index is 10.2. The molecule has 1 aliphatic heterocycles. The van der Waals surface area contributed by atoms with E-state index in [0.29, 0.717) is 5.76 Å². The Morgan fingerprint density at radius 3 is 2.00 bits per heavy atom. The van der Waals surface area contributed by atoms with Crippen LogP contribution in [0, 0.1) is 0 Å². The molecule has 0 atom stereocenters. The van der Waals surface area contributed by atoms with Crippen LogP contribution >= 0.6 is 0 Å². The number of furan rings is 1. The van der Waals surface area contributed by atoms with Crippen molar-refractivity contribution in [2.45, 2.75) is 44.9 Å². The van der Waals surface area contributed by atoms with Crippen LogP contribution in [0.3, 0.4) is 0 Å². The molecule has 2 N–H and O–H groups in total. The van der Waals surface area contributed by atoms with Gasteiger partial charge in [-0.05, 0) is 39.8 Å². The largest absolute Gasteiger partial charge is 0.466 e. The van der Waals surface area contributed by atoms with Gasteiger partial charge in [-0.1, -0.05) is 0 Å². The molecule has 16 heavy (non-hydrogen) atoms. The molecule has 0 radical (unpaired) electrons. The lowest BCUT2D eigenvalue weighted by molar-refractivity contribution is -0.228. The van der Waals surface area contributed by atoms with Gasteiger partial charge < -0.3 is 14.8 Å². The van der Waals surface area contributed by atoms with Crippen molar-refractivity contribution >= 4 is 0 Å². The molecular formula is C11H18N2O3. The first-order valence-corrected chi connectivity index (χ1v) is 5.30. The summed E-state index contributed by atoms with van der Waals surface area (Å²) in [5.41, 5.74) is -1.17. The summed E-state index contributed by atoms with van der Waals surface area (Å²) < 4.78 is 5.24. The van der Waals surface area contributed by atoms with E-state index in [2.05, 4.69) is 0 Å². The number of hydrogen-bond acceptors (Lipinski definition) is 5. The van der Waals surface area contributed by atoms with Gasteiger partial charge in [0.25, 0.3) is 0 Å². The Morgan fingerprint density at radius 1 is 1.12 bits per heavy atom. The Labute approximate surface area is 94.8 Å². The van der Waals surface area contributed by atoms with Gasteiger partial charge in [0.15, 0.2) is 6.17 Å². The van der Waals surface area contributed by atoms with Crippen LogP contribution in [0.15, 0.2) is 22.8 Å². The summed E-state index contributed by atoms with van der Waals surface area (Å²) in [6.07, 6.45) is 0.856. The van der Waals surface area contributed by atoms with E-state index in [1.54, 1.807) is 12.1 Å². The van der Waals surface area contributed by atoms with Gasteiger partial charge in [0.05, 0.1) is 17.3 Å². The Balaban J connectivity index is 2.44. The molecule has 0 saturated carbocycles. The highest BCUT2D eigenvalue weighted by molar-refractivity contribution is 5.13. The summed E-state index contributed by atoms with van der Waals surface area (Å²) in [6.45, 7) is 7.50. The summed E-state index contributed by atoms with van der Waals surface area (Å²) in [4.78, 5) is 0. The van der Waals surface area contributed by atoms with Crippen LogP contribution in [0.25, 0.3) is 0 Å². The van der Waals surface area contributed by atoms with Crippen LogP contribution in [0.1, 0.15) is 39.6 Å². The molecule has 5 heteroatoms. The van der Waals surface area contributed by atoms with E-state index < -0.39 is 17.2 Å². The summed E-state index contributed by atoms with van der Waals surface area (Å²) >= 11 is 0. The second-order valence-electron chi connectivity index (χ2n) is 5.20. The van der Waals surface area contributed by atoms with Crippen LogP contribution in [0.5, 0.6) is 0 Å². The van der Waals surface area contributed by atoms with Gasteiger partial charge in [-0.2, -0.15) is 10.1 Å². The lowest BCUT2D eigenvalue weighted by Crippen LogP contribution is -2.52. The van der Waals surface area contributed by atoms with Gasteiger partial charge >= 0.3 is 0 Å². The van der Waals surface area contributed by atoms with Gasteiger partial charge in [-0.25, -0.2) is 0 Å². The monoisotopic (exact) mass is 226 g/mol. The zero-order valence-electron chi connectivity index (χ0n) is 10.0. The maximum atomic E-state index is 10.2. The first-order valence-electron chi connectivity index (χ1n) is 5.30. The molecule has 5 nitrogen and oxygen atoms in total. The predicted octanol–water partition coefficient (Wildman–Crippen LogP) is 2.23. The molecule has 2 heterocycles. The summed E-state index contributed by atoms with van der Waals surface area (Å²) in [5, 5.41) is 22.6. The zero-order chi connectivity index (χ0) is 12.1.